The third-order valence-corrected chi connectivity index (χ3v) is 4.73. The molecule has 0 fully saturated rings. The highest BCUT2D eigenvalue weighted by molar-refractivity contribution is 7.99. The van der Waals surface area contributed by atoms with E-state index in [2.05, 4.69) is 31.6 Å². The first kappa shape index (κ1) is 12.2. The second-order valence-corrected chi connectivity index (χ2v) is 5.65. The zero-order chi connectivity index (χ0) is 11.5. The third-order valence-electron chi connectivity index (χ3n) is 3.17. The fourth-order valence-electron chi connectivity index (χ4n) is 2.29. The van der Waals surface area contributed by atoms with Crippen LogP contribution in [0.2, 0.25) is 0 Å². The summed E-state index contributed by atoms with van der Waals surface area (Å²) in [6.45, 7) is 3.15. The Labute approximate surface area is 106 Å². The van der Waals surface area contributed by atoms with Crippen molar-refractivity contribution in [1.82, 2.24) is 0 Å². The molecule has 16 heavy (non-hydrogen) atoms. The molecule has 0 amide bonds. The molecule has 1 nitrogen and oxygen atoms in total. The van der Waals surface area contributed by atoms with Crippen molar-refractivity contribution in [2.45, 2.75) is 35.5 Å². The average molecular weight is 254 g/mol. The van der Waals surface area contributed by atoms with Crippen molar-refractivity contribution in [2.75, 3.05) is 19.1 Å². The van der Waals surface area contributed by atoms with Crippen molar-refractivity contribution in [3.63, 3.8) is 0 Å². The molecule has 0 radical (unpaired) electrons. The van der Waals surface area contributed by atoms with Crippen LogP contribution in [0.1, 0.15) is 31.2 Å². The molecule has 1 aromatic rings. The van der Waals surface area contributed by atoms with E-state index in [-0.39, 0.29) is 0 Å². The molecule has 0 spiro atoms. The van der Waals surface area contributed by atoms with Crippen molar-refractivity contribution in [3.05, 3.63) is 17.7 Å². The molecule has 0 saturated heterocycles. The summed E-state index contributed by atoms with van der Waals surface area (Å²) in [5.74, 6) is 1.83. The molecule has 1 heterocycles. The molecular weight excluding hydrogens is 236 g/mol. The molecular formula is C13H18OS2. The van der Waals surface area contributed by atoms with Crippen LogP contribution in [0.15, 0.2) is 21.9 Å². The number of fused-ring (bicyclic) bond motifs is 1. The second-order valence-electron chi connectivity index (χ2n) is 3.96. The number of thioether (sulfide) groups is 2. The lowest BCUT2D eigenvalue weighted by atomic mass is 9.91. The van der Waals surface area contributed by atoms with Crippen molar-refractivity contribution < 1.29 is 4.74 Å². The van der Waals surface area contributed by atoms with Gasteiger partial charge in [0.25, 0.3) is 0 Å². The quantitative estimate of drug-likeness (QED) is 0.740. The van der Waals surface area contributed by atoms with E-state index in [1.807, 2.05) is 11.8 Å². The zero-order valence-corrected chi connectivity index (χ0v) is 11.7. The summed E-state index contributed by atoms with van der Waals surface area (Å²) in [7, 11) is 0. The SMILES string of the molecule is CCC1CCOc2c(SC)ccc(SC)c21. The molecule has 1 unspecified atom stereocenters. The van der Waals surface area contributed by atoms with E-state index in [4.69, 9.17) is 4.74 Å². The van der Waals surface area contributed by atoms with Crippen molar-refractivity contribution in [1.29, 1.82) is 0 Å². The van der Waals surface area contributed by atoms with Crippen LogP contribution in [0.5, 0.6) is 5.75 Å². The van der Waals surface area contributed by atoms with Gasteiger partial charge in [0, 0.05) is 15.4 Å². The summed E-state index contributed by atoms with van der Waals surface area (Å²) in [4.78, 5) is 2.67. The van der Waals surface area contributed by atoms with Crippen LogP contribution in [0.4, 0.5) is 0 Å². The first-order valence-corrected chi connectivity index (χ1v) is 8.14. The highest BCUT2D eigenvalue weighted by Gasteiger charge is 2.25. The Morgan fingerprint density at radius 1 is 1.25 bits per heavy atom. The third kappa shape index (κ3) is 2.07. The zero-order valence-electron chi connectivity index (χ0n) is 10.1. The van der Waals surface area contributed by atoms with Crippen molar-refractivity contribution in [2.24, 2.45) is 0 Å². The number of benzene rings is 1. The van der Waals surface area contributed by atoms with Crippen LogP contribution in [0.3, 0.4) is 0 Å². The largest absolute Gasteiger partial charge is 0.492 e. The molecule has 1 aliphatic rings. The maximum atomic E-state index is 5.89. The molecule has 3 heteroatoms. The van der Waals surface area contributed by atoms with E-state index in [0.717, 1.165) is 18.8 Å². The molecule has 0 bridgehead atoms. The van der Waals surface area contributed by atoms with Crippen LogP contribution in [-0.2, 0) is 0 Å². The topological polar surface area (TPSA) is 9.23 Å². The standard InChI is InChI=1S/C13H18OS2/c1-4-9-7-8-14-13-11(16-3)6-5-10(15-2)12(9)13/h5-6,9H,4,7-8H2,1-3H3. The second kappa shape index (κ2) is 5.37. The van der Waals surface area contributed by atoms with Gasteiger partial charge in [0.05, 0.1) is 6.61 Å². The number of rotatable bonds is 3. The lowest BCUT2D eigenvalue weighted by Gasteiger charge is -2.28. The van der Waals surface area contributed by atoms with E-state index < -0.39 is 0 Å². The molecule has 1 aromatic carbocycles. The van der Waals surface area contributed by atoms with Gasteiger partial charge in [0.1, 0.15) is 5.75 Å². The lowest BCUT2D eigenvalue weighted by Crippen LogP contribution is -2.15. The van der Waals surface area contributed by atoms with Crippen LogP contribution in [0, 0.1) is 0 Å². The van der Waals surface area contributed by atoms with Gasteiger partial charge in [0.15, 0.2) is 0 Å². The lowest BCUT2D eigenvalue weighted by molar-refractivity contribution is 0.256. The maximum Gasteiger partial charge on any atom is 0.137 e. The van der Waals surface area contributed by atoms with Crippen molar-refractivity contribution in [3.8, 4) is 5.75 Å². The van der Waals surface area contributed by atoms with E-state index in [1.165, 1.54) is 21.8 Å². The summed E-state index contributed by atoms with van der Waals surface area (Å²) in [6, 6.07) is 4.43. The summed E-state index contributed by atoms with van der Waals surface area (Å²) >= 11 is 3.61. The first-order chi connectivity index (χ1) is 7.81. The van der Waals surface area contributed by atoms with Gasteiger partial charge in [-0.25, -0.2) is 0 Å². The Morgan fingerprint density at radius 2 is 1.94 bits per heavy atom. The van der Waals surface area contributed by atoms with Gasteiger partial charge in [-0.2, -0.15) is 0 Å². The van der Waals surface area contributed by atoms with Gasteiger partial charge in [-0.05, 0) is 43.4 Å². The molecule has 1 atom stereocenters. The van der Waals surface area contributed by atoms with E-state index in [9.17, 15) is 0 Å². The van der Waals surface area contributed by atoms with E-state index in [1.54, 1.807) is 11.8 Å². The molecule has 0 aliphatic carbocycles. The Bertz CT molecular complexity index is 376. The van der Waals surface area contributed by atoms with Crippen molar-refractivity contribution >= 4 is 23.5 Å². The smallest absolute Gasteiger partial charge is 0.137 e. The highest BCUT2D eigenvalue weighted by atomic mass is 32.2. The van der Waals surface area contributed by atoms with E-state index in [0.29, 0.717) is 5.92 Å². The summed E-state index contributed by atoms with van der Waals surface area (Å²) < 4.78 is 5.89. The van der Waals surface area contributed by atoms with Gasteiger partial charge >= 0.3 is 0 Å². The minimum Gasteiger partial charge on any atom is -0.492 e. The average Bonchev–Trinajstić information content (AvgIpc) is 2.36. The minimum absolute atomic E-state index is 0.679. The fourth-order valence-corrected chi connectivity index (χ4v) is 3.53. The number of hydrogen-bond donors (Lipinski definition) is 0. The Kier molecular flexibility index (Phi) is 4.09. The van der Waals surface area contributed by atoms with Crippen LogP contribution >= 0.6 is 23.5 Å². The van der Waals surface area contributed by atoms with Gasteiger partial charge in [-0.1, -0.05) is 6.92 Å². The molecule has 88 valence electrons. The Balaban J connectivity index is 2.54. The number of hydrogen-bond acceptors (Lipinski definition) is 3. The molecule has 0 saturated carbocycles. The van der Waals surface area contributed by atoms with Gasteiger partial charge in [-0.3, -0.25) is 0 Å². The first-order valence-electron chi connectivity index (χ1n) is 5.69. The summed E-state index contributed by atoms with van der Waals surface area (Å²) in [5.41, 5.74) is 1.45. The van der Waals surface area contributed by atoms with Gasteiger partial charge < -0.3 is 4.74 Å². The molecule has 0 N–H and O–H groups in total. The maximum absolute atomic E-state index is 5.89. The summed E-state index contributed by atoms with van der Waals surface area (Å²) in [6.07, 6.45) is 6.64. The fraction of sp³-hybridized carbons (Fsp3) is 0.538. The van der Waals surface area contributed by atoms with Gasteiger partial charge in [0.2, 0.25) is 0 Å². The number of ether oxygens (including phenoxy) is 1. The van der Waals surface area contributed by atoms with Crippen LogP contribution < -0.4 is 4.74 Å². The van der Waals surface area contributed by atoms with E-state index >= 15 is 0 Å². The van der Waals surface area contributed by atoms with Crippen LogP contribution in [-0.4, -0.2) is 19.1 Å². The van der Waals surface area contributed by atoms with Crippen LogP contribution in [0.25, 0.3) is 0 Å². The Hall–Kier alpha value is -0.280. The predicted molar refractivity (Wildman–Crippen MR) is 73.1 cm³/mol. The molecule has 2 rings (SSSR count). The Morgan fingerprint density at radius 3 is 2.56 bits per heavy atom. The molecule has 0 aromatic heterocycles. The monoisotopic (exact) mass is 254 g/mol. The summed E-state index contributed by atoms with van der Waals surface area (Å²) in [5, 5.41) is 0. The normalized spacial score (nSPS) is 19.1. The molecule has 1 aliphatic heterocycles. The van der Waals surface area contributed by atoms with Gasteiger partial charge in [-0.15, -0.1) is 23.5 Å². The highest BCUT2D eigenvalue weighted by Crippen LogP contribution is 2.45. The predicted octanol–water partition coefficient (Wildman–Crippen LogP) is 4.41. The minimum atomic E-state index is 0.679.